The van der Waals surface area contributed by atoms with Crippen molar-refractivity contribution in [2.75, 3.05) is 26.4 Å². The summed E-state index contributed by atoms with van der Waals surface area (Å²) in [5, 5.41) is 30.1. The number of phosphoric acid groups is 2. The molecule has 0 bridgehead atoms. The molecule has 0 aliphatic carbocycles. The first-order valence-corrected chi connectivity index (χ1v) is 23.4. The van der Waals surface area contributed by atoms with Crippen molar-refractivity contribution in [3.8, 4) is 0 Å². The zero-order valence-corrected chi connectivity index (χ0v) is 35.5. The third-order valence-electron chi connectivity index (χ3n) is 8.77. The second kappa shape index (κ2) is 33.7. The van der Waals surface area contributed by atoms with Gasteiger partial charge >= 0.3 is 27.6 Å². The van der Waals surface area contributed by atoms with E-state index in [1.165, 1.54) is 38.5 Å². The number of rotatable bonds is 38. The molecule has 55 heavy (non-hydrogen) atoms. The van der Waals surface area contributed by atoms with E-state index in [1.807, 2.05) is 12.2 Å². The Hall–Kier alpha value is -1.22. The topological polar surface area (TPSA) is 236 Å². The molecule has 0 aliphatic rings. The SMILES string of the molecule is CCCCC/C=C\C[C@H](O)[C@@H](O)CCCCCCCC(=O)O[C@H](COC(=O)CCCCCCCCCCC(C)C)COP(=O)(O)OC[C@@H](O)COP(=O)(O)O. The van der Waals surface area contributed by atoms with Crippen LogP contribution >= 0.6 is 15.6 Å². The number of unbranched alkanes of at least 4 members (excludes halogenated alkanes) is 14. The van der Waals surface area contributed by atoms with Gasteiger partial charge in [0.1, 0.15) is 12.7 Å². The quantitative estimate of drug-likeness (QED) is 0.0152. The molecule has 1 unspecified atom stereocenters. The Labute approximate surface area is 329 Å². The fraction of sp³-hybridized carbons (Fsp3) is 0.895. The van der Waals surface area contributed by atoms with Crippen LogP contribution in [0.15, 0.2) is 12.2 Å². The molecule has 0 aliphatic heterocycles. The van der Waals surface area contributed by atoms with Crippen molar-refractivity contribution in [3.63, 3.8) is 0 Å². The number of aliphatic hydroxyl groups is 3. The van der Waals surface area contributed by atoms with Crippen LogP contribution in [0.1, 0.15) is 162 Å². The lowest BCUT2D eigenvalue weighted by Crippen LogP contribution is -2.30. The Bertz CT molecular complexity index is 1080. The molecular formula is C38H74O15P2. The Kier molecular flexibility index (Phi) is 33.0. The third-order valence-corrected chi connectivity index (χ3v) is 10.2. The molecule has 6 N–H and O–H groups in total. The van der Waals surface area contributed by atoms with Gasteiger partial charge in [0, 0.05) is 12.8 Å². The zero-order chi connectivity index (χ0) is 41.4. The number of carbonyl (C=O) groups excluding carboxylic acids is 2. The van der Waals surface area contributed by atoms with Crippen LogP contribution in [0, 0.1) is 5.92 Å². The normalized spacial score (nSPS) is 15.5. The molecule has 0 fully saturated rings. The van der Waals surface area contributed by atoms with Crippen LogP contribution in [0.25, 0.3) is 0 Å². The zero-order valence-electron chi connectivity index (χ0n) is 33.7. The lowest BCUT2D eigenvalue weighted by Gasteiger charge is -2.20. The van der Waals surface area contributed by atoms with Crippen LogP contribution in [0.5, 0.6) is 0 Å². The molecule has 0 saturated heterocycles. The molecule has 0 aromatic carbocycles. The number of hydrogen-bond acceptors (Lipinski definition) is 12. The van der Waals surface area contributed by atoms with E-state index in [2.05, 4.69) is 29.8 Å². The van der Waals surface area contributed by atoms with Gasteiger partial charge in [0.2, 0.25) is 0 Å². The first-order valence-electron chi connectivity index (χ1n) is 20.4. The Balaban J connectivity index is 4.67. The maximum absolute atomic E-state index is 12.6. The van der Waals surface area contributed by atoms with E-state index in [1.54, 1.807) is 0 Å². The summed E-state index contributed by atoms with van der Waals surface area (Å²) in [5.74, 6) is -0.409. The minimum absolute atomic E-state index is 0.0349. The molecule has 5 atom stereocenters. The average molecular weight is 833 g/mol. The minimum Gasteiger partial charge on any atom is -0.462 e. The van der Waals surface area contributed by atoms with Crippen molar-refractivity contribution in [2.24, 2.45) is 5.92 Å². The molecule has 0 saturated carbocycles. The molecule has 0 aromatic heterocycles. The second-order valence-corrected chi connectivity index (χ2v) is 17.4. The monoisotopic (exact) mass is 832 g/mol. The number of allylic oxidation sites excluding steroid dienone is 1. The van der Waals surface area contributed by atoms with Crippen LogP contribution in [0.2, 0.25) is 0 Å². The van der Waals surface area contributed by atoms with Crippen LogP contribution in [-0.4, -0.2) is 92.8 Å². The van der Waals surface area contributed by atoms with Crippen molar-refractivity contribution < 1.29 is 71.8 Å². The van der Waals surface area contributed by atoms with Crippen molar-refractivity contribution in [1.29, 1.82) is 0 Å². The highest BCUT2D eigenvalue weighted by molar-refractivity contribution is 7.47. The molecule has 17 heteroatoms. The predicted octanol–water partition coefficient (Wildman–Crippen LogP) is 7.58. The van der Waals surface area contributed by atoms with Gasteiger partial charge in [-0.25, -0.2) is 9.13 Å². The van der Waals surface area contributed by atoms with Crippen molar-refractivity contribution >= 4 is 27.6 Å². The summed E-state index contributed by atoms with van der Waals surface area (Å²) in [6.45, 7) is 3.77. The van der Waals surface area contributed by atoms with Gasteiger partial charge in [0.15, 0.2) is 6.10 Å². The van der Waals surface area contributed by atoms with E-state index in [0.717, 1.165) is 63.7 Å². The van der Waals surface area contributed by atoms with Crippen LogP contribution in [0.4, 0.5) is 0 Å². The van der Waals surface area contributed by atoms with E-state index < -0.39 is 78.4 Å². The standard InChI is InChI=1S/C38H74O15P2/c1-4-5-6-7-14-19-24-35(40)36(41)25-20-15-12-17-22-27-38(43)53-34(31-52-55(47,48)51-29-33(39)28-50-54(44,45)46)30-49-37(42)26-21-16-11-9-8-10-13-18-23-32(2)3/h14,19,32-36,39-41H,4-13,15-18,20-31H2,1-3H3,(H,47,48)(H2,44,45,46)/b19-14-/t33-,34+,35-,36-/m0/s1. The molecule has 0 heterocycles. The number of hydrogen-bond donors (Lipinski definition) is 6. The molecule has 15 nitrogen and oxygen atoms in total. The largest absolute Gasteiger partial charge is 0.472 e. The maximum Gasteiger partial charge on any atom is 0.472 e. The summed E-state index contributed by atoms with van der Waals surface area (Å²) in [7, 11) is -9.72. The van der Waals surface area contributed by atoms with Gasteiger partial charge in [-0.2, -0.15) is 0 Å². The highest BCUT2D eigenvalue weighted by Crippen LogP contribution is 2.43. The van der Waals surface area contributed by atoms with Crippen LogP contribution in [0.3, 0.4) is 0 Å². The fourth-order valence-corrected chi connectivity index (χ4v) is 6.65. The Morgan fingerprint density at radius 2 is 1.13 bits per heavy atom. The van der Waals surface area contributed by atoms with Crippen LogP contribution in [-0.2, 0) is 41.8 Å². The lowest BCUT2D eigenvalue weighted by molar-refractivity contribution is -0.161. The fourth-order valence-electron chi connectivity index (χ4n) is 5.50. The molecule has 0 radical (unpaired) electrons. The predicted molar refractivity (Wildman–Crippen MR) is 210 cm³/mol. The van der Waals surface area contributed by atoms with E-state index >= 15 is 0 Å². The maximum atomic E-state index is 12.6. The number of carbonyl (C=O) groups is 2. The van der Waals surface area contributed by atoms with E-state index in [0.29, 0.717) is 32.1 Å². The minimum atomic E-state index is -4.88. The summed E-state index contributed by atoms with van der Waals surface area (Å²) in [6.07, 6.45) is 18.3. The van der Waals surface area contributed by atoms with Gasteiger partial charge in [-0.05, 0) is 44.4 Å². The summed E-state index contributed by atoms with van der Waals surface area (Å²) in [5.41, 5.74) is 0. The lowest BCUT2D eigenvalue weighted by atomic mass is 10.0. The van der Waals surface area contributed by atoms with E-state index in [9.17, 15) is 38.9 Å². The number of esters is 2. The Morgan fingerprint density at radius 1 is 0.600 bits per heavy atom. The number of ether oxygens (including phenoxy) is 2. The highest BCUT2D eigenvalue weighted by atomic mass is 31.2. The Morgan fingerprint density at radius 3 is 1.71 bits per heavy atom. The molecule has 326 valence electrons. The first-order chi connectivity index (χ1) is 26.0. The molecule has 0 rings (SSSR count). The highest BCUT2D eigenvalue weighted by Gasteiger charge is 2.28. The molecule has 0 amide bonds. The van der Waals surface area contributed by atoms with Gasteiger partial charge in [0.25, 0.3) is 0 Å². The third kappa shape index (κ3) is 36.8. The van der Waals surface area contributed by atoms with E-state index in [4.69, 9.17) is 23.8 Å². The molecular weight excluding hydrogens is 758 g/mol. The van der Waals surface area contributed by atoms with Crippen LogP contribution < -0.4 is 0 Å². The summed E-state index contributed by atoms with van der Waals surface area (Å²) < 4.78 is 47.5. The molecule has 0 spiro atoms. The van der Waals surface area contributed by atoms with Gasteiger partial charge in [-0.15, -0.1) is 0 Å². The summed E-state index contributed by atoms with van der Waals surface area (Å²) in [4.78, 5) is 52.5. The van der Waals surface area contributed by atoms with E-state index in [-0.39, 0.29) is 12.8 Å². The van der Waals surface area contributed by atoms with Crippen molar-refractivity contribution in [3.05, 3.63) is 12.2 Å². The van der Waals surface area contributed by atoms with Gasteiger partial charge in [0.05, 0.1) is 32.0 Å². The summed E-state index contributed by atoms with van der Waals surface area (Å²) in [6, 6.07) is 0. The van der Waals surface area contributed by atoms with Crippen molar-refractivity contribution in [1.82, 2.24) is 0 Å². The smallest absolute Gasteiger partial charge is 0.462 e. The number of aliphatic hydroxyl groups excluding tert-OH is 3. The van der Waals surface area contributed by atoms with Gasteiger partial charge < -0.3 is 39.5 Å². The first kappa shape index (κ1) is 53.8. The molecule has 0 aromatic rings. The summed E-state index contributed by atoms with van der Waals surface area (Å²) >= 11 is 0. The van der Waals surface area contributed by atoms with Gasteiger partial charge in [-0.1, -0.05) is 123 Å². The van der Waals surface area contributed by atoms with Gasteiger partial charge in [-0.3, -0.25) is 23.2 Å². The average Bonchev–Trinajstić information content (AvgIpc) is 3.12. The van der Waals surface area contributed by atoms with Crippen molar-refractivity contribution in [2.45, 2.75) is 186 Å². The second-order valence-electron chi connectivity index (χ2n) is 14.7. The number of phosphoric ester groups is 2.